The molecule has 0 bridgehead atoms. The van der Waals surface area contributed by atoms with Crippen LogP contribution in [0.25, 0.3) is 0 Å². The van der Waals surface area contributed by atoms with Crippen molar-refractivity contribution in [2.45, 2.75) is 0 Å². The molecule has 0 saturated carbocycles. The zero-order valence-corrected chi connectivity index (χ0v) is 5.54. The zero-order valence-electron chi connectivity index (χ0n) is 5.54. The second-order valence-electron chi connectivity index (χ2n) is 1.46. The normalized spacial score (nSPS) is 14.2. The van der Waals surface area contributed by atoms with Gasteiger partial charge in [0.15, 0.2) is 0 Å². The van der Waals surface area contributed by atoms with Crippen molar-refractivity contribution >= 4 is 0 Å². The molecule has 0 unspecified atom stereocenters. The molecule has 0 radical (unpaired) electrons. The van der Waals surface area contributed by atoms with Crippen molar-refractivity contribution in [2.75, 3.05) is 0 Å². The first-order valence-electron chi connectivity index (χ1n) is 2.58. The van der Waals surface area contributed by atoms with Gasteiger partial charge in [-0.05, 0) is 0 Å². The van der Waals surface area contributed by atoms with E-state index >= 15 is 0 Å². The van der Waals surface area contributed by atoms with Crippen molar-refractivity contribution in [1.82, 2.24) is 0 Å². The SMILES string of the molecule is [C-]1=CC=CC=CC=C1.[Li+]. The Bertz CT molecular complexity index is 105. The van der Waals surface area contributed by atoms with Gasteiger partial charge in [-0.3, -0.25) is 0 Å². The van der Waals surface area contributed by atoms with Gasteiger partial charge in [-0.2, -0.15) is 30.4 Å². The van der Waals surface area contributed by atoms with Crippen LogP contribution >= 0.6 is 0 Å². The average molecular weight is 110 g/mol. The van der Waals surface area contributed by atoms with Crippen molar-refractivity contribution in [3.05, 3.63) is 48.6 Å². The van der Waals surface area contributed by atoms with E-state index in [0.29, 0.717) is 0 Å². The summed E-state index contributed by atoms with van der Waals surface area (Å²) in [5.41, 5.74) is 0. The predicted molar refractivity (Wildman–Crippen MR) is 35.2 cm³/mol. The summed E-state index contributed by atoms with van der Waals surface area (Å²) in [6.45, 7) is 0. The van der Waals surface area contributed by atoms with Crippen LogP contribution in [0, 0.1) is 6.08 Å². The Labute approximate surface area is 67.8 Å². The zero-order chi connectivity index (χ0) is 5.66. The molecule has 0 saturated heterocycles. The van der Waals surface area contributed by atoms with Crippen LogP contribution in [0.4, 0.5) is 0 Å². The van der Waals surface area contributed by atoms with E-state index in [0.717, 1.165) is 0 Å². The van der Waals surface area contributed by atoms with Crippen LogP contribution in [0.1, 0.15) is 0 Å². The van der Waals surface area contributed by atoms with E-state index in [-0.39, 0.29) is 18.9 Å². The van der Waals surface area contributed by atoms with Crippen LogP contribution in [-0.4, -0.2) is 0 Å². The minimum atomic E-state index is 0. The molecule has 0 spiro atoms. The first-order valence-corrected chi connectivity index (χ1v) is 2.58. The number of hydrogen-bond donors (Lipinski definition) is 0. The molecule has 0 fully saturated rings. The molecular formula is C8H7Li. The second-order valence-corrected chi connectivity index (χ2v) is 1.46. The van der Waals surface area contributed by atoms with Crippen molar-refractivity contribution in [3.63, 3.8) is 0 Å². The smallest absolute Gasteiger partial charge is 0.184 e. The van der Waals surface area contributed by atoms with Gasteiger partial charge in [-0.15, -0.1) is 12.2 Å². The Morgan fingerprint density at radius 1 is 0.778 bits per heavy atom. The van der Waals surface area contributed by atoms with Crippen molar-refractivity contribution in [2.24, 2.45) is 0 Å². The molecule has 1 aliphatic carbocycles. The van der Waals surface area contributed by atoms with Crippen LogP contribution < -0.4 is 18.9 Å². The fourth-order valence-corrected chi connectivity index (χ4v) is 0.470. The Morgan fingerprint density at radius 2 is 1.44 bits per heavy atom. The molecule has 0 atom stereocenters. The minimum absolute atomic E-state index is 0. The van der Waals surface area contributed by atoms with Gasteiger partial charge in [0, 0.05) is 0 Å². The molecule has 0 aromatic carbocycles. The summed E-state index contributed by atoms with van der Waals surface area (Å²) in [5.74, 6) is 0. The van der Waals surface area contributed by atoms with Gasteiger partial charge in [0.05, 0.1) is 0 Å². The van der Waals surface area contributed by atoms with E-state index in [2.05, 4.69) is 6.08 Å². The predicted octanol–water partition coefficient (Wildman–Crippen LogP) is -0.968. The molecule has 1 rings (SSSR count). The summed E-state index contributed by atoms with van der Waals surface area (Å²) in [4.78, 5) is 0. The van der Waals surface area contributed by atoms with Gasteiger partial charge < -0.3 is 0 Å². The topological polar surface area (TPSA) is 0 Å². The molecule has 0 aromatic heterocycles. The maximum absolute atomic E-state index is 2.94. The van der Waals surface area contributed by atoms with Crippen molar-refractivity contribution in [3.8, 4) is 0 Å². The Hall–Kier alpha value is -0.443. The third kappa shape index (κ3) is 4.09. The van der Waals surface area contributed by atoms with E-state index in [1.165, 1.54) is 0 Å². The second kappa shape index (κ2) is 5.69. The van der Waals surface area contributed by atoms with Gasteiger partial charge in [0.2, 0.25) is 0 Å². The molecule has 0 nitrogen and oxygen atoms in total. The third-order valence-corrected chi connectivity index (χ3v) is 0.829. The molecule has 40 valence electrons. The summed E-state index contributed by atoms with van der Waals surface area (Å²) < 4.78 is 0. The Balaban J connectivity index is 0.000000640. The van der Waals surface area contributed by atoms with Gasteiger partial charge in [0.25, 0.3) is 0 Å². The fourth-order valence-electron chi connectivity index (χ4n) is 0.470. The first kappa shape index (κ1) is 8.56. The van der Waals surface area contributed by atoms with Gasteiger partial charge in [-0.1, -0.05) is 6.08 Å². The minimum Gasteiger partial charge on any atom is -0.184 e. The summed E-state index contributed by atoms with van der Waals surface area (Å²) in [6, 6.07) is 0. The molecule has 1 aliphatic rings. The summed E-state index contributed by atoms with van der Waals surface area (Å²) in [5, 5.41) is 0. The molecule has 0 amide bonds. The third-order valence-electron chi connectivity index (χ3n) is 0.829. The first-order chi connectivity index (χ1) is 4.00. The van der Waals surface area contributed by atoms with Gasteiger partial charge in [-0.25, -0.2) is 0 Å². The van der Waals surface area contributed by atoms with E-state index in [1.54, 1.807) is 0 Å². The van der Waals surface area contributed by atoms with Crippen LogP contribution in [-0.2, 0) is 0 Å². The number of allylic oxidation sites excluding steroid dienone is 8. The molecule has 0 heterocycles. The summed E-state index contributed by atoms with van der Waals surface area (Å²) in [7, 11) is 0. The van der Waals surface area contributed by atoms with Crippen LogP contribution in [0.3, 0.4) is 0 Å². The van der Waals surface area contributed by atoms with Gasteiger partial charge >= 0.3 is 18.9 Å². The van der Waals surface area contributed by atoms with E-state index in [1.807, 2.05) is 42.5 Å². The molecule has 0 aliphatic heterocycles. The Kier molecular flexibility index (Phi) is 5.41. The Morgan fingerprint density at radius 3 is 2.33 bits per heavy atom. The quantitative estimate of drug-likeness (QED) is 0.278. The molecule has 9 heavy (non-hydrogen) atoms. The summed E-state index contributed by atoms with van der Waals surface area (Å²) in [6.07, 6.45) is 16.5. The standard InChI is InChI=1S/C8H7.Li/c1-2-4-6-8-7-5-3-1;/h1-7H;/q-1;+1. The van der Waals surface area contributed by atoms with Crippen molar-refractivity contribution < 1.29 is 18.9 Å². The van der Waals surface area contributed by atoms with E-state index in [9.17, 15) is 0 Å². The molecular weight excluding hydrogens is 103 g/mol. The van der Waals surface area contributed by atoms with E-state index < -0.39 is 0 Å². The van der Waals surface area contributed by atoms with Crippen LogP contribution in [0.15, 0.2) is 42.5 Å². The van der Waals surface area contributed by atoms with Gasteiger partial charge in [0.1, 0.15) is 0 Å². The van der Waals surface area contributed by atoms with Crippen molar-refractivity contribution in [1.29, 1.82) is 0 Å². The average Bonchev–Trinajstić information content (AvgIpc) is 1.62. The molecule has 1 heteroatoms. The molecule has 0 aromatic rings. The number of rotatable bonds is 0. The maximum Gasteiger partial charge on any atom is 1.00 e. The maximum atomic E-state index is 2.94. The van der Waals surface area contributed by atoms with E-state index in [4.69, 9.17) is 0 Å². The number of hydrogen-bond acceptors (Lipinski definition) is 0. The largest absolute Gasteiger partial charge is 1.00 e. The van der Waals surface area contributed by atoms with Crippen LogP contribution in [0.5, 0.6) is 0 Å². The fraction of sp³-hybridized carbons (Fsp3) is 0. The monoisotopic (exact) mass is 110 g/mol. The van der Waals surface area contributed by atoms with Crippen LogP contribution in [0.2, 0.25) is 0 Å². The summed E-state index contributed by atoms with van der Waals surface area (Å²) >= 11 is 0. The molecule has 0 N–H and O–H groups in total.